The second kappa shape index (κ2) is 8.57. The standard InChI is InChI=1S/C41H30O/c1-41(2)35-24-28(27-19-21-36-34(22-27)31-16-8-13-26-14-9-17-37(42-36)38(26)31)18-20-32(35)39-30-15-7-6-12-29(30)23-33(40(39)41)25-10-4-3-5-11-25/h3-16,18-24,37H,17H2,1-2H3. The molecule has 1 unspecified atom stereocenters. The lowest BCUT2D eigenvalue weighted by Crippen LogP contribution is -2.17. The third kappa shape index (κ3) is 3.25. The molecule has 2 aliphatic carbocycles. The molecule has 1 nitrogen and oxygen atoms in total. The quantitative estimate of drug-likeness (QED) is 0.213. The van der Waals surface area contributed by atoms with E-state index in [4.69, 9.17) is 4.74 Å². The summed E-state index contributed by atoms with van der Waals surface area (Å²) in [7, 11) is 0. The van der Waals surface area contributed by atoms with Crippen LogP contribution in [0.5, 0.6) is 5.75 Å². The Hall–Kier alpha value is -4.88. The van der Waals surface area contributed by atoms with Gasteiger partial charge in [-0.05, 0) is 90.7 Å². The van der Waals surface area contributed by atoms with Crippen molar-refractivity contribution in [1.29, 1.82) is 0 Å². The average molecular weight is 539 g/mol. The largest absolute Gasteiger partial charge is 0.485 e. The summed E-state index contributed by atoms with van der Waals surface area (Å²) in [5, 5.41) is 2.62. The molecule has 0 N–H and O–H groups in total. The topological polar surface area (TPSA) is 9.23 Å². The van der Waals surface area contributed by atoms with Crippen molar-refractivity contribution in [2.45, 2.75) is 31.8 Å². The minimum absolute atomic E-state index is 0.104. The van der Waals surface area contributed by atoms with E-state index in [1.807, 2.05) is 0 Å². The zero-order valence-corrected chi connectivity index (χ0v) is 23.8. The van der Waals surface area contributed by atoms with Crippen LogP contribution in [-0.2, 0) is 5.41 Å². The summed E-state index contributed by atoms with van der Waals surface area (Å²) >= 11 is 0. The minimum Gasteiger partial charge on any atom is -0.485 e. The monoisotopic (exact) mass is 538 g/mol. The number of benzene rings is 6. The van der Waals surface area contributed by atoms with Crippen molar-refractivity contribution in [3.05, 3.63) is 144 Å². The van der Waals surface area contributed by atoms with Gasteiger partial charge in [-0.3, -0.25) is 0 Å². The van der Waals surface area contributed by atoms with Crippen molar-refractivity contribution in [3.8, 4) is 50.3 Å². The summed E-state index contributed by atoms with van der Waals surface area (Å²) in [5.41, 5.74) is 15.6. The molecular formula is C41H30O. The Balaban J connectivity index is 1.23. The predicted molar refractivity (Wildman–Crippen MR) is 175 cm³/mol. The molecule has 9 rings (SSSR count). The Morgan fingerprint density at radius 1 is 0.643 bits per heavy atom. The second-order valence-electron chi connectivity index (χ2n) is 12.4. The third-order valence-corrected chi connectivity index (χ3v) is 9.70. The summed E-state index contributed by atoms with van der Waals surface area (Å²) in [6, 6.07) is 42.6. The maximum Gasteiger partial charge on any atom is 0.128 e. The molecule has 0 fully saturated rings. The van der Waals surface area contributed by atoms with Crippen LogP contribution in [0.3, 0.4) is 0 Å². The lowest BCUT2D eigenvalue weighted by atomic mass is 9.77. The van der Waals surface area contributed by atoms with Crippen molar-refractivity contribution in [3.63, 3.8) is 0 Å². The van der Waals surface area contributed by atoms with Crippen LogP contribution in [0.25, 0.3) is 61.4 Å². The van der Waals surface area contributed by atoms with E-state index in [1.165, 1.54) is 77.5 Å². The Labute approximate surface area is 246 Å². The van der Waals surface area contributed by atoms with Gasteiger partial charge in [0.1, 0.15) is 11.9 Å². The van der Waals surface area contributed by atoms with E-state index in [-0.39, 0.29) is 11.5 Å². The molecule has 0 radical (unpaired) electrons. The maximum absolute atomic E-state index is 6.52. The van der Waals surface area contributed by atoms with Gasteiger partial charge in [-0.2, -0.15) is 0 Å². The van der Waals surface area contributed by atoms with E-state index < -0.39 is 0 Å². The molecule has 200 valence electrons. The zero-order chi connectivity index (χ0) is 28.0. The Bertz CT molecular complexity index is 2110. The highest BCUT2D eigenvalue weighted by atomic mass is 16.5. The first-order chi connectivity index (χ1) is 20.6. The minimum atomic E-state index is -0.148. The van der Waals surface area contributed by atoms with E-state index in [1.54, 1.807) is 0 Å². The van der Waals surface area contributed by atoms with E-state index in [0.717, 1.165) is 12.2 Å². The molecule has 0 saturated heterocycles. The van der Waals surface area contributed by atoms with E-state index >= 15 is 0 Å². The van der Waals surface area contributed by atoms with Gasteiger partial charge in [0.05, 0.1) is 0 Å². The van der Waals surface area contributed by atoms with Crippen LogP contribution in [-0.4, -0.2) is 0 Å². The van der Waals surface area contributed by atoms with Gasteiger partial charge in [0.15, 0.2) is 0 Å². The molecular weight excluding hydrogens is 508 g/mol. The van der Waals surface area contributed by atoms with Crippen molar-refractivity contribution in [2.75, 3.05) is 0 Å². The normalized spacial score (nSPS) is 16.8. The van der Waals surface area contributed by atoms with Crippen LogP contribution in [0.1, 0.15) is 48.6 Å². The molecule has 0 aromatic heterocycles. The number of rotatable bonds is 2. The molecule has 1 heteroatoms. The predicted octanol–water partition coefficient (Wildman–Crippen LogP) is 11.0. The molecule has 1 aliphatic heterocycles. The Morgan fingerprint density at radius 2 is 1.45 bits per heavy atom. The summed E-state index contributed by atoms with van der Waals surface area (Å²) in [6.07, 6.45) is 5.49. The average Bonchev–Trinajstić information content (AvgIpc) is 3.28. The van der Waals surface area contributed by atoms with Gasteiger partial charge < -0.3 is 4.74 Å². The van der Waals surface area contributed by atoms with Crippen LogP contribution >= 0.6 is 0 Å². The highest BCUT2D eigenvalue weighted by molar-refractivity contribution is 6.07. The summed E-state index contributed by atoms with van der Waals surface area (Å²) in [5.74, 6) is 0.983. The summed E-state index contributed by atoms with van der Waals surface area (Å²) in [6.45, 7) is 4.79. The molecule has 0 amide bonds. The lowest BCUT2D eigenvalue weighted by Gasteiger charge is -2.32. The molecule has 1 heterocycles. The molecule has 6 aromatic carbocycles. The number of fused-ring (bicyclic) bond motifs is 7. The van der Waals surface area contributed by atoms with Crippen LogP contribution < -0.4 is 4.74 Å². The maximum atomic E-state index is 6.52. The zero-order valence-electron chi connectivity index (χ0n) is 23.8. The number of hydrogen-bond acceptors (Lipinski definition) is 1. The van der Waals surface area contributed by atoms with Gasteiger partial charge in [-0.1, -0.05) is 117 Å². The fourth-order valence-corrected chi connectivity index (χ4v) is 7.76. The lowest BCUT2D eigenvalue weighted by molar-refractivity contribution is 0.204. The van der Waals surface area contributed by atoms with Crippen LogP contribution in [0.4, 0.5) is 0 Å². The molecule has 0 saturated carbocycles. The van der Waals surface area contributed by atoms with Crippen molar-refractivity contribution in [1.82, 2.24) is 0 Å². The number of hydrogen-bond donors (Lipinski definition) is 0. The molecule has 42 heavy (non-hydrogen) atoms. The summed E-state index contributed by atoms with van der Waals surface area (Å²) in [4.78, 5) is 0. The van der Waals surface area contributed by atoms with Gasteiger partial charge in [0, 0.05) is 23.0 Å². The van der Waals surface area contributed by atoms with Gasteiger partial charge in [0.25, 0.3) is 0 Å². The van der Waals surface area contributed by atoms with Gasteiger partial charge in [-0.15, -0.1) is 0 Å². The second-order valence-corrected chi connectivity index (χ2v) is 12.4. The third-order valence-electron chi connectivity index (χ3n) is 9.70. The van der Waals surface area contributed by atoms with E-state index in [0.29, 0.717) is 0 Å². The van der Waals surface area contributed by atoms with Gasteiger partial charge in [0.2, 0.25) is 0 Å². The first kappa shape index (κ1) is 23.8. The fourth-order valence-electron chi connectivity index (χ4n) is 7.76. The van der Waals surface area contributed by atoms with E-state index in [9.17, 15) is 0 Å². The highest BCUT2D eigenvalue weighted by Crippen LogP contribution is 2.56. The number of ether oxygens (including phenoxy) is 1. The first-order valence-corrected chi connectivity index (χ1v) is 15.0. The molecule has 0 bridgehead atoms. The Kier molecular flexibility index (Phi) is 4.85. The van der Waals surface area contributed by atoms with Crippen LogP contribution in [0.15, 0.2) is 121 Å². The smallest absolute Gasteiger partial charge is 0.128 e. The highest BCUT2D eigenvalue weighted by Gasteiger charge is 2.39. The van der Waals surface area contributed by atoms with Crippen molar-refractivity contribution in [2.24, 2.45) is 0 Å². The van der Waals surface area contributed by atoms with Gasteiger partial charge in [-0.25, -0.2) is 0 Å². The van der Waals surface area contributed by atoms with Crippen molar-refractivity contribution >= 4 is 16.8 Å². The Morgan fingerprint density at radius 3 is 2.36 bits per heavy atom. The SMILES string of the molecule is CC1(C)c2cc(-c3ccc4c(c3)-c3cccc5c3C(CC=C5)O4)ccc2-c2c1c(-c1ccccc1)cc1ccccc21. The fraction of sp³-hybridized carbons (Fsp3) is 0.122. The molecule has 1 atom stereocenters. The van der Waals surface area contributed by atoms with Crippen molar-refractivity contribution < 1.29 is 4.74 Å². The first-order valence-electron chi connectivity index (χ1n) is 15.0. The molecule has 3 aliphatic rings. The van der Waals surface area contributed by atoms with Gasteiger partial charge >= 0.3 is 0 Å². The van der Waals surface area contributed by atoms with E-state index in [2.05, 4.69) is 141 Å². The van der Waals surface area contributed by atoms with Crippen LogP contribution in [0.2, 0.25) is 0 Å². The van der Waals surface area contributed by atoms with Crippen LogP contribution in [0, 0.1) is 0 Å². The summed E-state index contributed by atoms with van der Waals surface area (Å²) < 4.78 is 6.52. The molecule has 6 aromatic rings. The molecule has 0 spiro atoms.